The molecule has 11 rings (SSSR count). The molecule has 0 aliphatic rings. The van der Waals surface area contributed by atoms with Crippen LogP contribution in [0.25, 0.3) is 103 Å². The molecule has 2 nitrogen and oxygen atoms in total. The molecule has 11 aromatic rings. The highest BCUT2D eigenvalue weighted by Gasteiger charge is 2.22. The van der Waals surface area contributed by atoms with E-state index in [-0.39, 0.29) is 0 Å². The SMILES string of the molecule is Bc1c(B)c(B)c(-c2ccc3c(-c4ccc(-c5nc6ccccc6n5-c5ccccc5)cc4)c4ccccc4c(-c4cccc5sc6ccccc6c45)c3c2)c(B)c1B. The number of benzene rings is 9. The van der Waals surface area contributed by atoms with E-state index in [0.717, 1.165) is 28.1 Å². The molecule has 0 atom stereocenters. The number of para-hydroxylation sites is 3. The molecular formula is C51H37B5N2S. The summed E-state index contributed by atoms with van der Waals surface area (Å²) in [5.41, 5.74) is 18.7. The lowest BCUT2D eigenvalue weighted by Crippen LogP contribution is -2.55. The van der Waals surface area contributed by atoms with Gasteiger partial charge in [0.1, 0.15) is 45.1 Å². The molecule has 2 heterocycles. The van der Waals surface area contributed by atoms with Crippen molar-refractivity contribution in [3.8, 4) is 50.5 Å². The summed E-state index contributed by atoms with van der Waals surface area (Å²) in [5.74, 6) is 0.934. The fraction of sp³-hybridized carbons (Fsp3) is 0. The number of aromatic nitrogens is 2. The zero-order chi connectivity index (χ0) is 39.9. The van der Waals surface area contributed by atoms with Gasteiger partial charge in [0.05, 0.1) is 11.0 Å². The van der Waals surface area contributed by atoms with Crippen LogP contribution in [0.15, 0.2) is 164 Å². The van der Waals surface area contributed by atoms with E-state index in [0.29, 0.717) is 0 Å². The van der Waals surface area contributed by atoms with Crippen molar-refractivity contribution in [3.05, 3.63) is 164 Å². The Bertz CT molecular complexity index is 3470. The molecule has 2 aromatic heterocycles. The highest BCUT2D eigenvalue weighted by molar-refractivity contribution is 7.26. The fourth-order valence-electron chi connectivity index (χ4n) is 9.70. The summed E-state index contributed by atoms with van der Waals surface area (Å²) in [6.45, 7) is 0. The molecule has 0 fully saturated rings. The van der Waals surface area contributed by atoms with Gasteiger partial charge in [-0.05, 0) is 97.4 Å². The van der Waals surface area contributed by atoms with E-state index >= 15 is 0 Å². The standard InChI is InChI=1S/C51H37B5N2S/c52-46-43(47(53)49(55)50(56)48(46)54)30-25-26-34-37(27-30)44(36-16-10-20-41-45(36)35-15-6-9-19-40(35)59-41)33-14-5-4-13-32(33)42(34)28-21-23-29(24-22-28)51-57-38-17-7-8-18-39(38)58(51)31-11-2-1-3-12-31/h1-27H,52-56H2. The molecule has 0 N–H and O–H groups in total. The number of rotatable bonds is 5. The van der Waals surface area contributed by atoms with Crippen molar-refractivity contribution in [2.24, 2.45) is 0 Å². The fourth-order valence-corrected chi connectivity index (χ4v) is 10.8. The quantitative estimate of drug-likeness (QED) is 0.164. The summed E-state index contributed by atoms with van der Waals surface area (Å²) in [4.78, 5) is 5.18. The number of fused-ring (bicyclic) bond motifs is 6. The molecule has 0 spiro atoms. The second-order valence-corrected chi connectivity index (χ2v) is 17.1. The third-order valence-electron chi connectivity index (χ3n) is 13.0. The van der Waals surface area contributed by atoms with Crippen LogP contribution in [0.2, 0.25) is 0 Å². The molecule has 0 aliphatic carbocycles. The second-order valence-electron chi connectivity index (χ2n) is 16.0. The lowest BCUT2D eigenvalue weighted by Gasteiger charge is -2.23. The van der Waals surface area contributed by atoms with Crippen molar-refractivity contribution < 1.29 is 0 Å². The minimum atomic E-state index is 0.934. The van der Waals surface area contributed by atoms with E-state index in [4.69, 9.17) is 4.98 Å². The molecule has 9 aromatic carbocycles. The van der Waals surface area contributed by atoms with Gasteiger partial charge in [-0.15, -0.1) is 27.7 Å². The van der Waals surface area contributed by atoms with Crippen LogP contribution in [0.1, 0.15) is 0 Å². The Balaban J connectivity index is 1.20. The van der Waals surface area contributed by atoms with E-state index in [1.54, 1.807) is 0 Å². The summed E-state index contributed by atoms with van der Waals surface area (Å²) in [6, 6.07) is 60.1. The molecule has 0 saturated carbocycles. The maximum absolute atomic E-state index is 5.18. The van der Waals surface area contributed by atoms with Gasteiger partial charge in [-0.1, -0.05) is 132 Å². The van der Waals surface area contributed by atoms with Crippen molar-refractivity contribution in [3.63, 3.8) is 0 Å². The maximum Gasteiger partial charge on any atom is 0.145 e. The van der Waals surface area contributed by atoms with E-state index in [1.807, 2.05) is 11.3 Å². The lowest BCUT2D eigenvalue weighted by molar-refractivity contribution is 1.10. The van der Waals surface area contributed by atoms with Crippen LogP contribution in [-0.2, 0) is 0 Å². The number of hydrogen-bond acceptors (Lipinski definition) is 2. The summed E-state index contributed by atoms with van der Waals surface area (Å²) in [5, 5.41) is 7.67. The third kappa shape index (κ3) is 5.50. The first-order valence-corrected chi connectivity index (χ1v) is 21.3. The summed E-state index contributed by atoms with van der Waals surface area (Å²) in [6.07, 6.45) is 0. The average Bonchev–Trinajstić information content (AvgIpc) is 3.87. The monoisotopic (exact) mass is 764 g/mol. The predicted molar refractivity (Wildman–Crippen MR) is 272 cm³/mol. The molecule has 0 bridgehead atoms. The molecule has 0 radical (unpaired) electrons. The van der Waals surface area contributed by atoms with Crippen LogP contribution in [0.5, 0.6) is 0 Å². The van der Waals surface area contributed by atoms with Gasteiger partial charge in [0, 0.05) is 31.4 Å². The first kappa shape index (κ1) is 35.7. The number of thiophene rings is 1. The molecule has 8 heteroatoms. The third-order valence-corrected chi connectivity index (χ3v) is 14.1. The molecule has 0 amide bonds. The normalized spacial score (nSPS) is 11.7. The van der Waals surface area contributed by atoms with Crippen molar-refractivity contribution in [1.29, 1.82) is 0 Å². The van der Waals surface area contributed by atoms with Crippen LogP contribution in [0, 0.1) is 0 Å². The van der Waals surface area contributed by atoms with Gasteiger partial charge in [0.25, 0.3) is 0 Å². The minimum absolute atomic E-state index is 0.934. The van der Waals surface area contributed by atoms with Gasteiger partial charge in [0.2, 0.25) is 0 Å². The molecular weight excluding hydrogens is 727 g/mol. The van der Waals surface area contributed by atoms with Crippen LogP contribution in [0.3, 0.4) is 0 Å². The van der Waals surface area contributed by atoms with E-state index < -0.39 is 0 Å². The first-order valence-electron chi connectivity index (χ1n) is 20.5. The van der Waals surface area contributed by atoms with Gasteiger partial charge in [-0.2, -0.15) is 0 Å². The number of hydrogen-bond donors (Lipinski definition) is 0. The average molecular weight is 764 g/mol. The Morgan fingerprint density at radius 1 is 0.407 bits per heavy atom. The predicted octanol–water partition coefficient (Wildman–Crippen LogP) is 5.66. The van der Waals surface area contributed by atoms with E-state index in [9.17, 15) is 0 Å². The summed E-state index contributed by atoms with van der Waals surface area (Å²) in [7, 11) is 11.4. The Morgan fingerprint density at radius 2 is 0.983 bits per heavy atom. The Hall–Kier alpha value is -6.49. The van der Waals surface area contributed by atoms with Crippen LogP contribution >= 0.6 is 11.3 Å². The summed E-state index contributed by atoms with van der Waals surface area (Å²) < 4.78 is 4.91. The van der Waals surface area contributed by atoms with Gasteiger partial charge < -0.3 is 0 Å². The van der Waals surface area contributed by atoms with Crippen molar-refractivity contribution in [1.82, 2.24) is 9.55 Å². The van der Waals surface area contributed by atoms with Crippen LogP contribution in [-0.4, -0.2) is 48.8 Å². The van der Waals surface area contributed by atoms with Crippen LogP contribution in [0.4, 0.5) is 0 Å². The van der Waals surface area contributed by atoms with Gasteiger partial charge in [-0.3, -0.25) is 4.57 Å². The molecule has 0 saturated heterocycles. The van der Waals surface area contributed by atoms with E-state index in [2.05, 4.69) is 208 Å². The zero-order valence-electron chi connectivity index (χ0n) is 33.9. The number of nitrogens with zero attached hydrogens (tertiary/aromatic N) is 2. The van der Waals surface area contributed by atoms with Gasteiger partial charge >= 0.3 is 0 Å². The van der Waals surface area contributed by atoms with Gasteiger partial charge in [-0.25, -0.2) is 4.98 Å². The van der Waals surface area contributed by atoms with Crippen LogP contribution < -0.4 is 27.3 Å². The van der Waals surface area contributed by atoms with Crippen molar-refractivity contribution >= 4 is 131 Å². The topological polar surface area (TPSA) is 17.8 Å². The molecule has 0 unspecified atom stereocenters. The Kier molecular flexibility index (Phi) is 8.36. The summed E-state index contributed by atoms with van der Waals surface area (Å²) >= 11 is 1.88. The smallest absolute Gasteiger partial charge is 0.145 e. The zero-order valence-corrected chi connectivity index (χ0v) is 34.7. The highest BCUT2D eigenvalue weighted by atomic mass is 32.1. The Labute approximate surface area is 352 Å². The maximum atomic E-state index is 5.18. The highest BCUT2D eigenvalue weighted by Crippen LogP contribution is 2.48. The molecule has 59 heavy (non-hydrogen) atoms. The Morgan fingerprint density at radius 3 is 1.75 bits per heavy atom. The van der Waals surface area contributed by atoms with Crippen molar-refractivity contribution in [2.75, 3.05) is 0 Å². The van der Waals surface area contributed by atoms with Crippen molar-refractivity contribution in [2.45, 2.75) is 0 Å². The lowest BCUT2D eigenvalue weighted by atomic mass is 9.59. The van der Waals surface area contributed by atoms with Gasteiger partial charge in [0.15, 0.2) is 0 Å². The van der Waals surface area contributed by atoms with E-state index in [1.165, 1.54) is 102 Å². The minimum Gasteiger partial charge on any atom is -0.292 e. The first-order chi connectivity index (χ1) is 28.9. The second kappa shape index (κ2) is 13.8. The largest absolute Gasteiger partial charge is 0.292 e. The molecule has 0 aliphatic heterocycles. The molecule has 272 valence electrons. The number of imidazole rings is 1.